The third kappa shape index (κ3) is 2.71. The highest BCUT2D eigenvalue weighted by molar-refractivity contribution is 5.75. The first-order valence-corrected chi connectivity index (χ1v) is 5.22. The molecule has 8 nitrogen and oxygen atoms in total. The molecular weight excluding hydrogens is 228 g/mol. The molecule has 0 unspecified atom stereocenters. The smallest absolute Gasteiger partial charge is 0.366 e. The average molecular weight is 240 g/mol. The summed E-state index contributed by atoms with van der Waals surface area (Å²) in [6.07, 6.45) is 3.38. The fourth-order valence-electron chi connectivity index (χ4n) is 1.66. The standard InChI is InChI=1S/C9H12N4O4/c14-8(15)5-12(4-6-1-2-6)7-3-10-11-9(7)13(16)17/h3,6H,1-2,4-5H2,(H,10,11)(H,14,15). The number of H-pyrrole nitrogens is 1. The maximum Gasteiger partial charge on any atom is 0.366 e. The van der Waals surface area contributed by atoms with Gasteiger partial charge in [-0.2, -0.15) is 0 Å². The van der Waals surface area contributed by atoms with Gasteiger partial charge in [0.25, 0.3) is 0 Å². The largest absolute Gasteiger partial charge is 0.480 e. The van der Waals surface area contributed by atoms with Crippen LogP contribution in [0.2, 0.25) is 0 Å². The van der Waals surface area contributed by atoms with Gasteiger partial charge in [-0.05, 0) is 23.7 Å². The minimum Gasteiger partial charge on any atom is -0.480 e. The van der Waals surface area contributed by atoms with Gasteiger partial charge in [0.15, 0.2) is 5.69 Å². The Bertz CT molecular complexity index is 440. The molecule has 2 N–H and O–H groups in total. The summed E-state index contributed by atoms with van der Waals surface area (Å²) in [6.45, 7) is 0.267. The van der Waals surface area contributed by atoms with Gasteiger partial charge in [-0.1, -0.05) is 5.10 Å². The highest BCUT2D eigenvalue weighted by Gasteiger charge is 2.29. The number of aromatic nitrogens is 2. The molecule has 1 aromatic heterocycles. The van der Waals surface area contributed by atoms with Gasteiger partial charge in [-0.3, -0.25) is 4.79 Å². The molecule has 17 heavy (non-hydrogen) atoms. The summed E-state index contributed by atoms with van der Waals surface area (Å²) in [5.74, 6) is -0.836. The summed E-state index contributed by atoms with van der Waals surface area (Å²) >= 11 is 0. The van der Waals surface area contributed by atoms with Gasteiger partial charge in [0.2, 0.25) is 0 Å². The van der Waals surface area contributed by atoms with Crippen LogP contribution in [0.3, 0.4) is 0 Å². The molecule has 8 heteroatoms. The minimum absolute atomic E-state index is 0.240. The number of nitrogens with zero attached hydrogens (tertiary/aromatic N) is 3. The maximum absolute atomic E-state index is 10.7. The highest BCUT2D eigenvalue weighted by atomic mass is 16.6. The van der Waals surface area contributed by atoms with Crippen LogP contribution in [0.1, 0.15) is 12.8 Å². The summed E-state index contributed by atoms with van der Waals surface area (Å²) in [6, 6.07) is 0. The van der Waals surface area contributed by atoms with Crippen molar-refractivity contribution in [3.05, 3.63) is 16.3 Å². The molecule has 0 bridgehead atoms. The zero-order valence-corrected chi connectivity index (χ0v) is 9.00. The van der Waals surface area contributed by atoms with E-state index in [4.69, 9.17) is 5.11 Å². The van der Waals surface area contributed by atoms with Crippen LogP contribution in [0.15, 0.2) is 6.20 Å². The van der Waals surface area contributed by atoms with Gasteiger partial charge in [-0.15, -0.1) is 5.10 Å². The van der Waals surface area contributed by atoms with Crippen molar-refractivity contribution >= 4 is 17.5 Å². The molecule has 92 valence electrons. The third-order valence-electron chi connectivity index (χ3n) is 2.62. The second-order valence-electron chi connectivity index (χ2n) is 4.08. The topological polar surface area (TPSA) is 112 Å². The summed E-state index contributed by atoms with van der Waals surface area (Å²) < 4.78 is 0. The van der Waals surface area contributed by atoms with Crippen molar-refractivity contribution in [3.63, 3.8) is 0 Å². The lowest BCUT2D eigenvalue weighted by molar-refractivity contribution is -0.388. The van der Waals surface area contributed by atoms with Gasteiger partial charge in [0, 0.05) is 6.54 Å². The quantitative estimate of drug-likeness (QED) is 0.556. The van der Waals surface area contributed by atoms with Crippen molar-refractivity contribution in [1.29, 1.82) is 0 Å². The third-order valence-corrected chi connectivity index (χ3v) is 2.62. The molecule has 0 saturated heterocycles. The first kappa shape index (κ1) is 11.4. The molecule has 0 spiro atoms. The first-order valence-electron chi connectivity index (χ1n) is 5.22. The van der Waals surface area contributed by atoms with Crippen molar-refractivity contribution < 1.29 is 14.8 Å². The van der Waals surface area contributed by atoms with E-state index in [1.54, 1.807) is 0 Å². The molecule has 1 heterocycles. The second-order valence-corrected chi connectivity index (χ2v) is 4.08. The molecule has 0 radical (unpaired) electrons. The predicted octanol–water partition coefficient (Wildman–Crippen LogP) is 0.619. The van der Waals surface area contributed by atoms with Crippen molar-refractivity contribution in [3.8, 4) is 0 Å². The number of carboxylic acid groups (broad SMARTS) is 1. The normalized spacial score (nSPS) is 14.6. The average Bonchev–Trinajstić information content (AvgIpc) is 2.91. The van der Waals surface area contributed by atoms with Crippen LogP contribution >= 0.6 is 0 Å². The molecular formula is C9H12N4O4. The van der Waals surface area contributed by atoms with E-state index in [0.717, 1.165) is 12.8 Å². The molecule has 0 atom stereocenters. The van der Waals surface area contributed by atoms with E-state index in [-0.39, 0.29) is 18.1 Å². The van der Waals surface area contributed by atoms with E-state index in [1.807, 2.05) is 0 Å². The Kier molecular flexibility index (Phi) is 2.94. The van der Waals surface area contributed by atoms with Crippen molar-refractivity contribution in [2.24, 2.45) is 5.92 Å². The highest BCUT2D eigenvalue weighted by Crippen LogP contribution is 2.33. The first-order chi connectivity index (χ1) is 8.08. The van der Waals surface area contributed by atoms with Crippen molar-refractivity contribution in [2.75, 3.05) is 18.0 Å². The van der Waals surface area contributed by atoms with Crippen LogP contribution in [0.25, 0.3) is 0 Å². The van der Waals surface area contributed by atoms with Crippen molar-refractivity contribution in [2.45, 2.75) is 12.8 Å². The fraction of sp³-hybridized carbons (Fsp3) is 0.556. The molecule has 1 fully saturated rings. The van der Waals surface area contributed by atoms with Crippen LogP contribution < -0.4 is 4.90 Å². The summed E-state index contributed by atoms with van der Waals surface area (Å²) in [5.41, 5.74) is 0.240. The van der Waals surface area contributed by atoms with Gasteiger partial charge < -0.3 is 20.1 Å². The van der Waals surface area contributed by atoms with Crippen molar-refractivity contribution in [1.82, 2.24) is 10.2 Å². The lowest BCUT2D eigenvalue weighted by Crippen LogP contribution is -2.31. The Balaban J connectivity index is 2.19. The van der Waals surface area contributed by atoms with Crippen LogP contribution in [-0.4, -0.2) is 39.3 Å². The molecule has 1 aliphatic carbocycles. The molecule has 2 rings (SSSR count). The number of carboxylic acids is 1. The SMILES string of the molecule is O=C(O)CN(CC1CC1)c1cn[nH]c1[N+](=O)[O-]. The maximum atomic E-state index is 10.7. The number of rotatable bonds is 6. The Morgan fingerprint density at radius 2 is 2.41 bits per heavy atom. The Morgan fingerprint density at radius 3 is 2.94 bits per heavy atom. The van der Waals surface area contributed by atoms with E-state index in [1.165, 1.54) is 11.1 Å². The summed E-state index contributed by atoms with van der Waals surface area (Å²) in [4.78, 5) is 22.4. The number of anilines is 1. The molecule has 1 aliphatic rings. The Hall–Kier alpha value is -2.12. The minimum atomic E-state index is -1.01. The number of hydrogen-bond acceptors (Lipinski definition) is 5. The number of nitro groups is 1. The van der Waals surface area contributed by atoms with Crippen LogP contribution in [0.4, 0.5) is 11.5 Å². The van der Waals surface area contributed by atoms with Gasteiger partial charge >= 0.3 is 11.8 Å². The monoisotopic (exact) mass is 240 g/mol. The van der Waals surface area contributed by atoms with Gasteiger partial charge in [-0.25, -0.2) is 0 Å². The van der Waals surface area contributed by atoms with Crippen LogP contribution in [-0.2, 0) is 4.79 Å². The second kappa shape index (κ2) is 4.40. The predicted molar refractivity (Wildman–Crippen MR) is 57.8 cm³/mol. The lowest BCUT2D eigenvalue weighted by atomic mass is 10.3. The molecule has 0 amide bonds. The molecule has 1 aromatic rings. The molecule has 1 saturated carbocycles. The molecule has 0 aromatic carbocycles. The van der Waals surface area contributed by atoms with E-state index < -0.39 is 10.9 Å². The van der Waals surface area contributed by atoms with E-state index in [2.05, 4.69) is 10.2 Å². The van der Waals surface area contributed by atoms with Gasteiger partial charge in [0.1, 0.15) is 12.7 Å². The zero-order valence-electron chi connectivity index (χ0n) is 9.00. The Morgan fingerprint density at radius 1 is 1.71 bits per heavy atom. The van der Waals surface area contributed by atoms with E-state index in [0.29, 0.717) is 12.5 Å². The van der Waals surface area contributed by atoms with E-state index >= 15 is 0 Å². The number of carbonyl (C=O) groups is 1. The fourth-order valence-corrected chi connectivity index (χ4v) is 1.66. The lowest BCUT2D eigenvalue weighted by Gasteiger charge is -2.19. The number of nitrogens with one attached hydrogen (secondary N) is 1. The van der Waals surface area contributed by atoms with Gasteiger partial charge in [0.05, 0.1) is 0 Å². The van der Waals surface area contributed by atoms with Crippen LogP contribution in [0.5, 0.6) is 0 Å². The zero-order chi connectivity index (χ0) is 12.4. The number of hydrogen-bond donors (Lipinski definition) is 2. The summed E-state index contributed by atoms with van der Waals surface area (Å²) in [5, 5.41) is 25.4. The van der Waals surface area contributed by atoms with Crippen LogP contribution in [0, 0.1) is 16.0 Å². The Labute approximate surface area is 96.4 Å². The number of aliphatic carboxylic acids is 1. The van der Waals surface area contributed by atoms with E-state index in [9.17, 15) is 14.9 Å². The number of aromatic amines is 1. The molecule has 0 aliphatic heterocycles. The summed E-state index contributed by atoms with van der Waals surface area (Å²) in [7, 11) is 0.